The maximum Gasteiger partial charge on any atom is 0.410 e. The molecular weight excluding hydrogens is 1280 g/mol. The number of nitrogens with zero attached hydrogens (tertiary/aromatic N) is 5. The number of benzene rings is 2. The molecule has 75 heavy (non-hydrogen) atoms. The summed E-state index contributed by atoms with van der Waals surface area (Å²) in [5.74, 6) is 0. The third kappa shape index (κ3) is 20.5. The van der Waals surface area contributed by atoms with Crippen molar-refractivity contribution in [1.29, 1.82) is 0 Å². The van der Waals surface area contributed by atoms with Gasteiger partial charge < -0.3 is 54.0 Å². The van der Waals surface area contributed by atoms with E-state index in [9.17, 15) is 31.2 Å². The molecule has 8 saturated heterocycles. The van der Waals surface area contributed by atoms with Crippen LogP contribution in [0.2, 0.25) is 0 Å². The van der Waals surface area contributed by atoms with Crippen LogP contribution in [0.4, 0.5) is 14.4 Å². The molecule has 0 aliphatic carbocycles. The predicted octanol–water partition coefficient (Wildman–Crippen LogP) is 1.93. The van der Waals surface area contributed by atoms with Crippen molar-refractivity contribution in [3.63, 3.8) is 0 Å². The summed E-state index contributed by atoms with van der Waals surface area (Å²) in [7, 11) is -6.30. The van der Waals surface area contributed by atoms with Gasteiger partial charge in [-0.3, -0.25) is 9.80 Å². The summed E-state index contributed by atoms with van der Waals surface area (Å²) in [5.41, 5.74) is 1.50. The molecule has 8 aliphatic heterocycles. The van der Waals surface area contributed by atoms with Crippen LogP contribution in [0, 0.1) is 0 Å². The van der Waals surface area contributed by atoms with Crippen LogP contribution in [0.3, 0.4) is 0 Å². The number of rotatable bonds is 6. The monoisotopic (exact) mass is 1360 g/mol. The van der Waals surface area contributed by atoms with E-state index >= 15 is 0 Å². The van der Waals surface area contributed by atoms with Crippen molar-refractivity contribution in [1.82, 2.24) is 39.3 Å². The summed E-state index contributed by atoms with van der Waals surface area (Å²) in [6, 6.07) is 19.6. The fraction of sp³-hybridized carbons (Fsp3) is 0.688. The van der Waals surface area contributed by atoms with E-state index in [2.05, 4.69) is 16.0 Å². The third-order valence-electron chi connectivity index (χ3n) is 12.8. The van der Waals surface area contributed by atoms with Crippen molar-refractivity contribution in [2.75, 3.05) is 118 Å². The molecule has 8 unspecified atom stereocenters. The molecular formula is C48H77ClN8O14S2WY. The zero-order valence-electron chi connectivity index (χ0n) is 42.8. The first-order chi connectivity index (χ1) is 33.8. The SMILES string of the molecule is C.CC(C)(C)OC(=O)N1CC2COCC(C1)N2.CS(=O)(=O)N1CC2COCC(C1)N2.CS(=O)(=O)N1CC2COCC(C1)N2C(=O)OCc1ccccc1.Cl.O=C(OCc1ccccc1)N1C2CNCC1COC2.[W].[Y]. The first-order valence-corrected chi connectivity index (χ1v) is 27.9. The van der Waals surface area contributed by atoms with Gasteiger partial charge in [0.15, 0.2) is 0 Å². The summed E-state index contributed by atoms with van der Waals surface area (Å²) < 4.78 is 86.9. The number of carbonyl (C=O) groups is 3. The number of hydrogen-bond acceptors (Lipinski definition) is 17. The van der Waals surface area contributed by atoms with Crippen molar-refractivity contribution in [2.45, 2.75) is 95.3 Å². The van der Waals surface area contributed by atoms with Gasteiger partial charge in [0.2, 0.25) is 20.0 Å². The molecule has 8 bridgehead atoms. The summed E-state index contributed by atoms with van der Waals surface area (Å²) in [6.45, 7) is 15.0. The zero-order valence-corrected chi connectivity index (χ0v) is 51.0. The van der Waals surface area contributed by atoms with Gasteiger partial charge in [-0.15, -0.1) is 12.4 Å². The van der Waals surface area contributed by atoms with Crippen LogP contribution in [0.1, 0.15) is 39.3 Å². The topological polar surface area (TPSA) is 236 Å². The van der Waals surface area contributed by atoms with E-state index in [0.717, 1.165) is 24.2 Å². The molecule has 22 nitrogen and oxygen atoms in total. The van der Waals surface area contributed by atoms with E-state index in [4.69, 9.17) is 33.2 Å². The van der Waals surface area contributed by atoms with Crippen molar-refractivity contribution in [3.05, 3.63) is 71.8 Å². The third-order valence-corrected chi connectivity index (χ3v) is 15.2. The molecule has 27 heteroatoms. The van der Waals surface area contributed by atoms with E-state index in [1.165, 1.54) is 21.1 Å². The minimum atomic E-state index is -3.27. The van der Waals surface area contributed by atoms with Crippen molar-refractivity contribution >= 4 is 50.7 Å². The molecule has 3 amide bonds. The predicted molar refractivity (Wildman–Crippen MR) is 274 cm³/mol. The van der Waals surface area contributed by atoms with Crippen LogP contribution in [0.15, 0.2) is 60.7 Å². The molecule has 0 spiro atoms. The number of halogens is 1. The Labute approximate surface area is 489 Å². The van der Waals surface area contributed by atoms with Gasteiger partial charge in [0.25, 0.3) is 0 Å². The summed E-state index contributed by atoms with van der Waals surface area (Å²) in [4.78, 5) is 41.8. The number of carbonyl (C=O) groups excluding carboxylic acids is 3. The Kier molecular flexibility index (Phi) is 27.8. The number of ether oxygens (including phenoxy) is 7. The molecule has 8 fully saturated rings. The molecule has 0 aromatic heterocycles. The fourth-order valence-electron chi connectivity index (χ4n) is 9.51. The number of amides is 3. The second kappa shape index (κ2) is 31.0. The number of hydrogen-bond donors (Lipinski definition) is 3. The molecule has 2 aromatic carbocycles. The van der Waals surface area contributed by atoms with E-state index in [0.29, 0.717) is 85.6 Å². The van der Waals surface area contributed by atoms with Crippen LogP contribution in [-0.2, 0) is 120 Å². The van der Waals surface area contributed by atoms with Gasteiger partial charge in [0.1, 0.15) is 18.8 Å². The summed E-state index contributed by atoms with van der Waals surface area (Å²) in [6.07, 6.45) is 1.58. The fourth-order valence-corrected chi connectivity index (χ4v) is 11.3. The van der Waals surface area contributed by atoms with Crippen LogP contribution < -0.4 is 16.0 Å². The van der Waals surface area contributed by atoms with Crippen molar-refractivity contribution in [2.24, 2.45) is 0 Å². The molecule has 1 radical (unpaired) electrons. The standard InChI is InChI=1S/C15H20N2O5S.C14H18N2O3.C11H20N2O3.C7H14N2O3S.CH4.ClH.W.Y/c1-23(19,20)16-7-13-10-21-11-14(8-16)17(13)15(18)22-9-12-5-3-2-4-6-12;17-14(19-8-11-4-2-1-3-5-11)16-12-6-15-7-13(16)10-18-9-12;1-11(2,3)16-10(14)13-4-8-6-15-7-9(5-13)12-8;1-13(10,11)9-2-6-4-12-5-7(3-9)8-6;;;;/h2-6,13-14H,7-11H2,1H3;1-5,12-13,15H,6-10H2;8-9,12H,4-7H2,1-3H3;6-8H,2-5H2,1H3;1H4;1H;;. The number of morpholine rings is 4. The first-order valence-electron chi connectivity index (χ1n) is 24.2. The maximum absolute atomic E-state index is 12.4. The Balaban J connectivity index is 0.000000264. The number of piperazine rings is 4. The maximum atomic E-state index is 12.4. The average molecular weight is 1360 g/mol. The molecule has 8 atom stereocenters. The van der Waals surface area contributed by atoms with E-state index in [1.807, 2.05) is 86.3 Å². The molecule has 8 heterocycles. The van der Waals surface area contributed by atoms with Crippen LogP contribution in [0.5, 0.6) is 0 Å². The van der Waals surface area contributed by atoms with Gasteiger partial charge in [-0.25, -0.2) is 31.2 Å². The summed E-state index contributed by atoms with van der Waals surface area (Å²) in [5, 5.41) is 10.1. The van der Waals surface area contributed by atoms with E-state index in [1.54, 1.807) is 9.80 Å². The average Bonchev–Trinajstić information content (AvgIpc) is 3.32. The van der Waals surface area contributed by atoms with Crippen LogP contribution in [-0.4, -0.2) is 230 Å². The Hall–Kier alpha value is -2.13. The molecule has 3 N–H and O–H groups in total. The van der Waals surface area contributed by atoms with Gasteiger partial charge in [-0.05, 0) is 31.9 Å². The Morgan fingerprint density at radius 3 is 1.29 bits per heavy atom. The van der Waals surface area contributed by atoms with Crippen LogP contribution in [0.25, 0.3) is 0 Å². The summed E-state index contributed by atoms with van der Waals surface area (Å²) >= 11 is 0. The van der Waals surface area contributed by atoms with Gasteiger partial charge in [0.05, 0.1) is 89.5 Å². The Morgan fingerprint density at radius 1 is 0.560 bits per heavy atom. The van der Waals surface area contributed by atoms with Gasteiger partial charge in [0, 0.05) is 130 Å². The minimum absolute atomic E-state index is 0. The van der Waals surface area contributed by atoms with Gasteiger partial charge >= 0.3 is 18.3 Å². The molecule has 2 aromatic rings. The second-order valence-electron chi connectivity index (χ2n) is 20.0. The van der Waals surface area contributed by atoms with E-state index in [-0.39, 0.29) is 154 Å². The Morgan fingerprint density at radius 2 is 0.907 bits per heavy atom. The normalized spacial score (nSPS) is 27.0. The van der Waals surface area contributed by atoms with Crippen molar-refractivity contribution < 1.29 is 118 Å². The van der Waals surface area contributed by atoms with Crippen LogP contribution >= 0.6 is 12.4 Å². The first kappa shape index (κ1) is 67.1. The zero-order chi connectivity index (χ0) is 50.8. The molecule has 10 rings (SSSR count). The number of sulfonamides is 2. The molecule has 0 saturated carbocycles. The Bertz CT molecular complexity index is 2250. The smallest absolute Gasteiger partial charge is 0.410 e. The minimum Gasteiger partial charge on any atom is -0.445 e. The number of nitrogens with one attached hydrogen (secondary N) is 3. The van der Waals surface area contributed by atoms with Crippen molar-refractivity contribution in [3.8, 4) is 0 Å². The number of fused-ring (bicyclic) bond motifs is 8. The van der Waals surface area contributed by atoms with Gasteiger partial charge in [-0.2, -0.15) is 8.61 Å². The second-order valence-corrected chi connectivity index (χ2v) is 23.9. The quantitative estimate of drug-likeness (QED) is 0.351. The van der Waals surface area contributed by atoms with E-state index < -0.39 is 31.7 Å². The molecule has 421 valence electrons. The molecule has 8 aliphatic rings. The largest absolute Gasteiger partial charge is 0.445 e. The van der Waals surface area contributed by atoms with Gasteiger partial charge in [-0.1, -0.05) is 68.1 Å².